The molecule has 0 spiro atoms. The number of aromatic nitrogens is 1. The van der Waals surface area contributed by atoms with E-state index in [9.17, 15) is 13.2 Å². The maximum Gasteiger partial charge on any atom is 0.251 e. The Hall–Kier alpha value is -3.13. The molecule has 1 saturated heterocycles. The van der Waals surface area contributed by atoms with E-state index in [0.717, 1.165) is 16.7 Å². The number of nitrogens with one attached hydrogen (secondary N) is 1. The van der Waals surface area contributed by atoms with E-state index in [2.05, 4.69) is 10.3 Å². The number of hydrogen-bond acceptors (Lipinski definition) is 5. The fourth-order valence-corrected chi connectivity index (χ4v) is 5.02. The molecule has 1 aliphatic rings. The number of hydrogen-bond donors (Lipinski definition) is 1. The van der Waals surface area contributed by atoms with Gasteiger partial charge in [-0.1, -0.05) is 18.2 Å². The van der Waals surface area contributed by atoms with Crippen molar-refractivity contribution in [2.75, 3.05) is 29.8 Å². The van der Waals surface area contributed by atoms with E-state index < -0.39 is 10.0 Å². The van der Waals surface area contributed by atoms with Crippen LogP contribution in [0.5, 0.6) is 5.75 Å². The van der Waals surface area contributed by atoms with Crippen LogP contribution < -0.4 is 14.4 Å². The van der Waals surface area contributed by atoms with Crippen molar-refractivity contribution in [1.82, 2.24) is 10.3 Å². The molecule has 0 radical (unpaired) electrons. The van der Waals surface area contributed by atoms with Crippen molar-refractivity contribution >= 4 is 32.5 Å². The van der Waals surface area contributed by atoms with Crippen LogP contribution in [0.4, 0.5) is 5.69 Å². The fourth-order valence-electron chi connectivity index (χ4n) is 3.46. The van der Waals surface area contributed by atoms with Gasteiger partial charge in [0, 0.05) is 30.2 Å². The normalized spacial score (nSPS) is 15.3. The summed E-state index contributed by atoms with van der Waals surface area (Å²) in [4.78, 5) is 16.7. The first-order valence-electron chi connectivity index (χ1n) is 9.90. The Balaban J connectivity index is 1.26. The number of carbonyl (C=O) groups is 1. The Morgan fingerprint density at radius 2 is 1.90 bits per heavy atom. The fraction of sp³-hybridized carbons (Fsp3) is 0.273. The molecule has 8 heteroatoms. The molecule has 1 fully saturated rings. The molecule has 7 nitrogen and oxygen atoms in total. The van der Waals surface area contributed by atoms with E-state index in [0.29, 0.717) is 43.8 Å². The lowest BCUT2D eigenvalue weighted by Crippen LogP contribution is -2.26. The quantitative estimate of drug-likeness (QED) is 0.588. The summed E-state index contributed by atoms with van der Waals surface area (Å²) in [5, 5.41) is 3.88. The summed E-state index contributed by atoms with van der Waals surface area (Å²) in [5.74, 6) is 0.705. The second-order valence-electron chi connectivity index (χ2n) is 7.08. The molecule has 0 atom stereocenters. The first-order valence-corrected chi connectivity index (χ1v) is 11.5. The van der Waals surface area contributed by atoms with E-state index in [-0.39, 0.29) is 11.7 Å². The van der Waals surface area contributed by atoms with Gasteiger partial charge in [-0.15, -0.1) is 0 Å². The molecule has 4 rings (SSSR count). The predicted molar refractivity (Wildman–Crippen MR) is 116 cm³/mol. The topological polar surface area (TPSA) is 88.6 Å². The first kappa shape index (κ1) is 20.2. The van der Waals surface area contributed by atoms with Gasteiger partial charge in [0.2, 0.25) is 10.0 Å². The SMILES string of the molecule is O=C(NCCCOc1cccc2cccnc12)c1ccc(N2CCCS2(=O)=O)cc1. The summed E-state index contributed by atoms with van der Waals surface area (Å²) < 4.78 is 31.2. The summed E-state index contributed by atoms with van der Waals surface area (Å²) in [5.41, 5.74) is 1.92. The zero-order valence-corrected chi connectivity index (χ0v) is 17.3. The number of sulfonamides is 1. The molecular weight excluding hydrogens is 402 g/mol. The molecule has 156 valence electrons. The minimum Gasteiger partial charge on any atom is -0.491 e. The molecule has 30 heavy (non-hydrogen) atoms. The largest absolute Gasteiger partial charge is 0.491 e. The maximum atomic E-state index is 12.3. The molecule has 0 saturated carbocycles. The van der Waals surface area contributed by atoms with Crippen LogP contribution in [0.2, 0.25) is 0 Å². The lowest BCUT2D eigenvalue weighted by Gasteiger charge is -2.17. The zero-order valence-electron chi connectivity index (χ0n) is 16.5. The van der Waals surface area contributed by atoms with Crippen molar-refractivity contribution in [3.8, 4) is 5.75 Å². The zero-order chi connectivity index (χ0) is 21.0. The molecule has 3 aromatic rings. The number of para-hydroxylation sites is 1. The second kappa shape index (κ2) is 8.71. The van der Waals surface area contributed by atoms with Crippen LogP contribution in [0.3, 0.4) is 0 Å². The average Bonchev–Trinajstić information content (AvgIpc) is 3.12. The second-order valence-corrected chi connectivity index (χ2v) is 9.09. The molecule has 1 amide bonds. The number of pyridine rings is 1. The van der Waals surface area contributed by atoms with Gasteiger partial charge >= 0.3 is 0 Å². The molecule has 1 aliphatic heterocycles. The van der Waals surface area contributed by atoms with Gasteiger partial charge < -0.3 is 10.1 Å². The summed E-state index contributed by atoms with van der Waals surface area (Å²) in [7, 11) is -3.22. The third-order valence-electron chi connectivity index (χ3n) is 4.98. The van der Waals surface area contributed by atoms with E-state index >= 15 is 0 Å². The van der Waals surface area contributed by atoms with E-state index in [1.54, 1.807) is 30.5 Å². The number of anilines is 1. The Morgan fingerprint density at radius 1 is 1.10 bits per heavy atom. The standard InChI is InChI=1S/C22H23N3O4S/c26-22(18-8-10-19(11-9-18)25-14-4-16-30(25,27)28)24-13-3-15-29-20-7-1-5-17-6-2-12-23-21(17)20/h1-2,5-12H,3-4,13-16H2,(H,24,26). The highest BCUT2D eigenvalue weighted by atomic mass is 32.2. The van der Waals surface area contributed by atoms with Crippen molar-refractivity contribution in [2.24, 2.45) is 0 Å². The molecule has 0 unspecified atom stereocenters. The van der Waals surface area contributed by atoms with Gasteiger partial charge in [-0.2, -0.15) is 0 Å². The van der Waals surface area contributed by atoms with Gasteiger partial charge in [0.1, 0.15) is 11.3 Å². The number of fused-ring (bicyclic) bond motifs is 1. The van der Waals surface area contributed by atoms with Crippen LogP contribution in [0.1, 0.15) is 23.2 Å². The number of ether oxygens (including phenoxy) is 1. The highest BCUT2D eigenvalue weighted by Gasteiger charge is 2.28. The smallest absolute Gasteiger partial charge is 0.251 e. The number of amides is 1. The van der Waals surface area contributed by atoms with Crippen molar-refractivity contribution in [2.45, 2.75) is 12.8 Å². The molecular formula is C22H23N3O4S. The molecule has 1 aromatic heterocycles. The van der Waals surface area contributed by atoms with E-state index in [1.165, 1.54) is 4.31 Å². The predicted octanol–water partition coefficient (Wildman–Crippen LogP) is 2.97. The van der Waals surface area contributed by atoms with Crippen LogP contribution in [0, 0.1) is 0 Å². The Bertz CT molecular complexity index is 1140. The van der Waals surface area contributed by atoms with Gasteiger partial charge in [0.05, 0.1) is 18.0 Å². The summed E-state index contributed by atoms with van der Waals surface area (Å²) in [6.45, 7) is 1.42. The first-order chi connectivity index (χ1) is 14.5. The minimum atomic E-state index is -3.22. The van der Waals surface area contributed by atoms with Crippen molar-refractivity contribution in [3.05, 3.63) is 66.4 Å². The van der Waals surface area contributed by atoms with Crippen molar-refractivity contribution in [1.29, 1.82) is 0 Å². The number of carbonyl (C=O) groups excluding carboxylic acids is 1. The van der Waals surface area contributed by atoms with Crippen LogP contribution >= 0.6 is 0 Å². The van der Waals surface area contributed by atoms with Crippen molar-refractivity contribution < 1.29 is 17.9 Å². The highest BCUT2D eigenvalue weighted by Crippen LogP contribution is 2.24. The molecule has 0 aliphatic carbocycles. The van der Waals surface area contributed by atoms with E-state index in [4.69, 9.17) is 4.74 Å². The Labute approximate surface area is 175 Å². The average molecular weight is 426 g/mol. The Morgan fingerprint density at radius 3 is 2.67 bits per heavy atom. The van der Waals surface area contributed by atoms with Crippen LogP contribution in [-0.4, -0.2) is 44.8 Å². The van der Waals surface area contributed by atoms with Crippen molar-refractivity contribution in [3.63, 3.8) is 0 Å². The van der Waals surface area contributed by atoms with E-state index in [1.807, 2.05) is 30.3 Å². The van der Waals surface area contributed by atoms with Gasteiger partial charge in [-0.3, -0.25) is 14.1 Å². The molecule has 2 aromatic carbocycles. The third kappa shape index (κ3) is 4.38. The summed E-state index contributed by atoms with van der Waals surface area (Å²) >= 11 is 0. The van der Waals surface area contributed by atoms with Gasteiger partial charge in [-0.05, 0) is 49.2 Å². The number of nitrogens with zero attached hydrogens (tertiary/aromatic N) is 2. The summed E-state index contributed by atoms with van der Waals surface area (Å²) in [6.07, 6.45) is 3.01. The number of benzene rings is 2. The third-order valence-corrected chi connectivity index (χ3v) is 6.85. The Kier molecular flexibility index (Phi) is 5.85. The van der Waals surface area contributed by atoms with Crippen LogP contribution in [-0.2, 0) is 10.0 Å². The lowest BCUT2D eigenvalue weighted by atomic mass is 10.2. The molecule has 0 bridgehead atoms. The van der Waals surface area contributed by atoms with Gasteiger partial charge in [0.25, 0.3) is 5.91 Å². The maximum absolute atomic E-state index is 12.3. The molecule has 1 N–H and O–H groups in total. The minimum absolute atomic E-state index is 0.173. The highest BCUT2D eigenvalue weighted by molar-refractivity contribution is 7.93. The monoisotopic (exact) mass is 425 g/mol. The van der Waals surface area contributed by atoms with Crippen LogP contribution in [0.15, 0.2) is 60.8 Å². The summed E-state index contributed by atoms with van der Waals surface area (Å²) in [6, 6.07) is 16.3. The number of rotatable bonds is 7. The van der Waals surface area contributed by atoms with Gasteiger partial charge in [-0.25, -0.2) is 8.42 Å². The molecule has 2 heterocycles. The van der Waals surface area contributed by atoms with Gasteiger partial charge in [0.15, 0.2) is 0 Å². The van der Waals surface area contributed by atoms with Crippen LogP contribution in [0.25, 0.3) is 10.9 Å². The lowest BCUT2D eigenvalue weighted by molar-refractivity contribution is 0.0951.